The first-order valence-electron chi connectivity index (χ1n) is 5.65. The lowest BCUT2D eigenvalue weighted by Crippen LogP contribution is -2.16. The van der Waals surface area contributed by atoms with Crippen molar-refractivity contribution in [2.24, 2.45) is 5.41 Å². The normalized spacial score (nSPS) is 12.2. The Morgan fingerprint density at radius 2 is 2.18 bits per heavy atom. The molecule has 2 aromatic rings. The van der Waals surface area contributed by atoms with Crippen LogP contribution in [0.1, 0.15) is 19.4 Å². The van der Waals surface area contributed by atoms with Crippen LogP contribution >= 0.6 is 27.7 Å². The van der Waals surface area contributed by atoms with Gasteiger partial charge >= 0.3 is 0 Å². The molecule has 17 heavy (non-hydrogen) atoms. The molecule has 0 radical (unpaired) electrons. The molecule has 0 aliphatic rings. The van der Waals surface area contributed by atoms with Crippen LogP contribution in [-0.4, -0.2) is 21.1 Å². The molecule has 0 amide bonds. The van der Waals surface area contributed by atoms with Gasteiger partial charge < -0.3 is 4.98 Å². The maximum atomic E-state index is 4.58. The number of imidazole rings is 1. The number of thioether (sulfide) groups is 1. The fourth-order valence-electron chi connectivity index (χ4n) is 1.47. The molecule has 0 fully saturated rings. The fourth-order valence-corrected chi connectivity index (χ4v) is 2.91. The number of hydrogen-bond donors (Lipinski definition) is 1. The molecule has 0 unspecified atom stereocenters. The van der Waals surface area contributed by atoms with Crippen LogP contribution in [0.2, 0.25) is 0 Å². The summed E-state index contributed by atoms with van der Waals surface area (Å²) >= 11 is 5.33. The number of fused-ring (bicyclic) bond motifs is 1. The van der Waals surface area contributed by atoms with E-state index in [0.717, 1.165) is 27.3 Å². The second kappa shape index (κ2) is 5.02. The summed E-state index contributed by atoms with van der Waals surface area (Å²) < 4.78 is 0. The summed E-state index contributed by atoms with van der Waals surface area (Å²) in [6.45, 7) is 6.60. The highest BCUT2D eigenvalue weighted by atomic mass is 79.9. The van der Waals surface area contributed by atoms with Gasteiger partial charge in [0.1, 0.15) is 0 Å². The zero-order valence-electron chi connectivity index (χ0n) is 10.4. The number of alkyl halides is 1. The first-order chi connectivity index (χ1) is 8.00. The Kier molecular flexibility index (Phi) is 3.83. The zero-order chi connectivity index (χ0) is 12.5. The summed E-state index contributed by atoms with van der Waals surface area (Å²) in [5.74, 6) is 1.05. The lowest BCUT2D eigenvalue weighted by atomic mass is 10.0. The summed E-state index contributed by atoms with van der Waals surface area (Å²) in [5.41, 5.74) is 3.73. The number of rotatable bonds is 4. The SMILES string of the molecule is Cc1ccc2nc(SCC(C)(C)CBr)[nH]c2c1. The van der Waals surface area contributed by atoms with E-state index in [-0.39, 0.29) is 0 Å². The predicted octanol–water partition coefficient (Wildman–Crippen LogP) is 4.38. The molecule has 4 heteroatoms. The molecule has 0 spiro atoms. The maximum Gasteiger partial charge on any atom is 0.166 e. The van der Waals surface area contributed by atoms with E-state index in [9.17, 15) is 0 Å². The smallest absolute Gasteiger partial charge is 0.166 e. The van der Waals surface area contributed by atoms with E-state index < -0.39 is 0 Å². The largest absolute Gasteiger partial charge is 0.333 e. The number of H-pyrrole nitrogens is 1. The standard InChI is InChI=1S/C13H17BrN2S/c1-9-4-5-10-11(6-9)16-12(15-10)17-8-13(2,3)7-14/h4-6H,7-8H2,1-3H3,(H,15,16). The molecule has 1 heterocycles. The van der Waals surface area contributed by atoms with Gasteiger partial charge in [-0.15, -0.1) is 0 Å². The molecule has 0 bridgehead atoms. The van der Waals surface area contributed by atoms with Gasteiger partial charge in [0.05, 0.1) is 11.0 Å². The van der Waals surface area contributed by atoms with Crippen LogP contribution in [0.3, 0.4) is 0 Å². The Morgan fingerprint density at radius 3 is 2.88 bits per heavy atom. The molecule has 1 aromatic heterocycles. The number of aryl methyl sites for hydroxylation is 1. The van der Waals surface area contributed by atoms with Crippen molar-refractivity contribution in [1.29, 1.82) is 0 Å². The summed E-state index contributed by atoms with van der Waals surface area (Å²) in [7, 11) is 0. The molecule has 2 rings (SSSR count). The molecule has 92 valence electrons. The molecule has 0 aliphatic carbocycles. The third-order valence-electron chi connectivity index (χ3n) is 2.58. The second-order valence-electron chi connectivity index (χ2n) is 5.15. The Hall–Kier alpha value is -0.480. The highest BCUT2D eigenvalue weighted by molar-refractivity contribution is 9.09. The number of aromatic amines is 1. The van der Waals surface area contributed by atoms with Crippen LogP contribution in [-0.2, 0) is 0 Å². The van der Waals surface area contributed by atoms with Crippen LogP contribution in [0.25, 0.3) is 11.0 Å². The number of nitrogens with zero attached hydrogens (tertiary/aromatic N) is 1. The number of benzene rings is 1. The van der Waals surface area contributed by atoms with Crippen molar-refractivity contribution in [2.45, 2.75) is 25.9 Å². The van der Waals surface area contributed by atoms with Crippen molar-refractivity contribution >= 4 is 38.7 Å². The molecule has 0 saturated carbocycles. The van der Waals surface area contributed by atoms with E-state index in [1.807, 2.05) is 0 Å². The van der Waals surface area contributed by atoms with Crippen molar-refractivity contribution in [3.8, 4) is 0 Å². The van der Waals surface area contributed by atoms with Crippen LogP contribution in [0.4, 0.5) is 0 Å². The van der Waals surface area contributed by atoms with Crippen molar-refractivity contribution < 1.29 is 0 Å². The van der Waals surface area contributed by atoms with Gasteiger partial charge in [0.15, 0.2) is 5.16 Å². The average Bonchev–Trinajstić information content (AvgIpc) is 2.68. The van der Waals surface area contributed by atoms with Crippen molar-refractivity contribution in [3.05, 3.63) is 23.8 Å². The van der Waals surface area contributed by atoms with Gasteiger partial charge in [-0.25, -0.2) is 4.98 Å². The van der Waals surface area contributed by atoms with Crippen LogP contribution in [0, 0.1) is 12.3 Å². The van der Waals surface area contributed by atoms with Crippen LogP contribution in [0.15, 0.2) is 23.4 Å². The Balaban J connectivity index is 2.15. The summed E-state index contributed by atoms with van der Waals surface area (Å²) in [6, 6.07) is 6.31. The third-order valence-corrected chi connectivity index (χ3v) is 5.49. The third kappa shape index (κ3) is 3.26. The van der Waals surface area contributed by atoms with E-state index in [1.54, 1.807) is 11.8 Å². The molecule has 1 aromatic carbocycles. The maximum absolute atomic E-state index is 4.58. The van der Waals surface area contributed by atoms with Crippen molar-refractivity contribution in [2.75, 3.05) is 11.1 Å². The summed E-state index contributed by atoms with van der Waals surface area (Å²) in [6.07, 6.45) is 0. The van der Waals surface area contributed by atoms with Crippen molar-refractivity contribution in [1.82, 2.24) is 9.97 Å². The number of nitrogens with one attached hydrogen (secondary N) is 1. The highest BCUT2D eigenvalue weighted by Gasteiger charge is 2.17. The molecular weight excluding hydrogens is 296 g/mol. The molecule has 0 aliphatic heterocycles. The van der Waals surface area contributed by atoms with E-state index >= 15 is 0 Å². The van der Waals surface area contributed by atoms with E-state index in [4.69, 9.17) is 0 Å². The van der Waals surface area contributed by atoms with E-state index in [0.29, 0.717) is 5.41 Å². The van der Waals surface area contributed by atoms with Gasteiger partial charge in [-0.1, -0.05) is 47.6 Å². The zero-order valence-corrected chi connectivity index (χ0v) is 12.8. The van der Waals surface area contributed by atoms with Crippen LogP contribution < -0.4 is 0 Å². The summed E-state index contributed by atoms with van der Waals surface area (Å²) in [4.78, 5) is 7.95. The van der Waals surface area contributed by atoms with Crippen LogP contribution in [0.5, 0.6) is 0 Å². The van der Waals surface area contributed by atoms with E-state index in [1.165, 1.54) is 5.56 Å². The Morgan fingerprint density at radius 1 is 1.41 bits per heavy atom. The topological polar surface area (TPSA) is 28.7 Å². The lowest BCUT2D eigenvalue weighted by molar-refractivity contribution is 0.496. The average molecular weight is 313 g/mol. The van der Waals surface area contributed by atoms with Gasteiger partial charge in [-0.2, -0.15) is 0 Å². The van der Waals surface area contributed by atoms with Gasteiger partial charge in [0, 0.05) is 11.1 Å². The molecule has 2 nitrogen and oxygen atoms in total. The Bertz CT molecular complexity index is 519. The molecule has 1 N–H and O–H groups in total. The second-order valence-corrected chi connectivity index (χ2v) is 6.67. The number of halogens is 1. The molecule has 0 atom stereocenters. The lowest BCUT2D eigenvalue weighted by Gasteiger charge is -2.19. The minimum absolute atomic E-state index is 0.291. The minimum Gasteiger partial charge on any atom is -0.333 e. The van der Waals surface area contributed by atoms with Gasteiger partial charge in [-0.3, -0.25) is 0 Å². The predicted molar refractivity (Wildman–Crippen MR) is 79.1 cm³/mol. The number of aromatic nitrogens is 2. The minimum atomic E-state index is 0.291. The first kappa shape index (κ1) is 13.0. The monoisotopic (exact) mass is 312 g/mol. The van der Waals surface area contributed by atoms with Gasteiger partial charge in [-0.05, 0) is 30.0 Å². The number of hydrogen-bond acceptors (Lipinski definition) is 2. The molecular formula is C13H17BrN2S. The quantitative estimate of drug-likeness (QED) is 0.670. The van der Waals surface area contributed by atoms with Crippen molar-refractivity contribution in [3.63, 3.8) is 0 Å². The molecule has 0 saturated heterocycles. The van der Waals surface area contributed by atoms with Gasteiger partial charge in [0.25, 0.3) is 0 Å². The summed E-state index contributed by atoms with van der Waals surface area (Å²) in [5, 5.41) is 2.02. The van der Waals surface area contributed by atoms with E-state index in [2.05, 4.69) is 64.9 Å². The van der Waals surface area contributed by atoms with Gasteiger partial charge in [0.2, 0.25) is 0 Å². The fraction of sp³-hybridized carbons (Fsp3) is 0.462. The highest BCUT2D eigenvalue weighted by Crippen LogP contribution is 2.28. The Labute approximate surface area is 115 Å². The first-order valence-corrected chi connectivity index (χ1v) is 7.76.